The van der Waals surface area contributed by atoms with Crippen LogP contribution >= 0.6 is 11.6 Å². The van der Waals surface area contributed by atoms with E-state index >= 15 is 0 Å². The highest BCUT2D eigenvalue weighted by atomic mass is 35.5. The van der Waals surface area contributed by atoms with Crippen LogP contribution in [0.2, 0.25) is 5.02 Å². The lowest BCUT2D eigenvalue weighted by Crippen LogP contribution is -2.39. The van der Waals surface area contributed by atoms with Crippen LogP contribution in [0.4, 0.5) is 18.9 Å². The number of H-pyrrole nitrogens is 1. The Morgan fingerprint density at radius 3 is 2.83 bits per heavy atom. The van der Waals surface area contributed by atoms with Gasteiger partial charge in [-0.05, 0) is 30.5 Å². The minimum atomic E-state index is -4.25. The van der Waals surface area contributed by atoms with Gasteiger partial charge in [0.15, 0.2) is 0 Å². The maximum Gasteiger partial charge on any atom is 0.405 e. The van der Waals surface area contributed by atoms with Gasteiger partial charge in [0.05, 0.1) is 10.5 Å². The molecular formula is C16H14ClF3N2O. The van der Waals surface area contributed by atoms with Crippen LogP contribution in [0, 0.1) is 0 Å². The number of rotatable bonds is 1. The van der Waals surface area contributed by atoms with Crippen LogP contribution in [0.5, 0.6) is 0 Å². The summed E-state index contributed by atoms with van der Waals surface area (Å²) < 4.78 is 39.0. The van der Waals surface area contributed by atoms with Crippen molar-refractivity contribution in [2.24, 2.45) is 0 Å². The van der Waals surface area contributed by atoms with Crippen molar-refractivity contribution in [3.63, 3.8) is 0 Å². The fraction of sp³-hybridized carbons (Fsp3) is 0.438. The lowest BCUT2D eigenvalue weighted by molar-refractivity contribution is -0.120. The summed E-state index contributed by atoms with van der Waals surface area (Å²) in [6, 6.07) is 4.47. The number of nitrogens with zero attached hydrogens (tertiary/aromatic N) is 1. The van der Waals surface area contributed by atoms with Crippen LogP contribution < -0.4 is 10.5 Å². The quantitative estimate of drug-likeness (QED) is 0.843. The molecule has 0 radical (unpaired) electrons. The minimum absolute atomic E-state index is 0.0412. The predicted octanol–water partition coefficient (Wildman–Crippen LogP) is 4.20. The Bertz CT molecular complexity index is 846. The van der Waals surface area contributed by atoms with Crippen LogP contribution in [0.1, 0.15) is 30.7 Å². The Balaban J connectivity index is 1.96. The fourth-order valence-electron chi connectivity index (χ4n) is 4.18. The third-order valence-corrected chi connectivity index (χ3v) is 5.18. The third kappa shape index (κ3) is 2.31. The van der Waals surface area contributed by atoms with Gasteiger partial charge in [-0.2, -0.15) is 13.2 Å². The molecule has 1 aliphatic carbocycles. The molecule has 1 aliphatic heterocycles. The number of hydrogen-bond acceptors (Lipinski definition) is 2. The van der Waals surface area contributed by atoms with Crippen LogP contribution in [0.25, 0.3) is 10.9 Å². The van der Waals surface area contributed by atoms with Crippen LogP contribution in [0.15, 0.2) is 23.0 Å². The van der Waals surface area contributed by atoms with Gasteiger partial charge in [-0.1, -0.05) is 18.0 Å². The van der Waals surface area contributed by atoms with E-state index in [0.717, 1.165) is 24.8 Å². The number of pyridine rings is 1. The average Bonchev–Trinajstić information content (AvgIpc) is 3.00. The van der Waals surface area contributed by atoms with Crippen molar-refractivity contribution in [1.29, 1.82) is 0 Å². The molecule has 2 aromatic rings. The molecule has 4 rings (SSSR count). The predicted molar refractivity (Wildman–Crippen MR) is 83.4 cm³/mol. The zero-order valence-electron chi connectivity index (χ0n) is 12.1. The third-order valence-electron chi connectivity index (χ3n) is 4.89. The molecule has 0 unspecified atom stereocenters. The molecule has 1 fully saturated rings. The Hall–Kier alpha value is -1.69. The monoisotopic (exact) mass is 342 g/mol. The van der Waals surface area contributed by atoms with Gasteiger partial charge in [-0.15, -0.1) is 0 Å². The molecule has 2 atom stereocenters. The number of nitrogens with one attached hydrogen (secondary N) is 1. The van der Waals surface area contributed by atoms with E-state index in [9.17, 15) is 18.0 Å². The van der Waals surface area contributed by atoms with Gasteiger partial charge in [0, 0.05) is 29.1 Å². The number of hydrogen-bond donors (Lipinski definition) is 1. The smallest absolute Gasteiger partial charge is 0.359 e. The summed E-state index contributed by atoms with van der Waals surface area (Å²) in [5.41, 5.74) is 1.73. The normalized spacial score (nSPS) is 23.4. The van der Waals surface area contributed by atoms with E-state index in [1.54, 1.807) is 12.1 Å². The van der Waals surface area contributed by atoms with Gasteiger partial charge in [0.2, 0.25) is 5.56 Å². The molecule has 1 aromatic heterocycles. The molecule has 0 spiro atoms. The molecule has 2 heterocycles. The molecule has 0 bridgehead atoms. The molecule has 3 nitrogen and oxygen atoms in total. The SMILES string of the molecule is O=c1cc(Cl)c2c3c(ccc2[nH]1)N(CC(F)(F)F)[C@@H]1CCC[C@H]31. The fourth-order valence-corrected chi connectivity index (χ4v) is 4.48. The standard InChI is InChI=1S/C16H14ClF3N2O/c17-9-6-13(23)21-10-4-5-12-14(15(9)10)8-2-1-3-11(8)22(12)7-16(18,19)20/h4-6,8,11H,1-3,7H2,(H,21,23)/t8-,11+/m0/s1. The summed E-state index contributed by atoms with van der Waals surface area (Å²) in [5.74, 6) is 0.0412. The van der Waals surface area contributed by atoms with Crippen LogP contribution in [-0.4, -0.2) is 23.7 Å². The van der Waals surface area contributed by atoms with Gasteiger partial charge >= 0.3 is 6.18 Å². The van der Waals surface area contributed by atoms with Crippen LogP contribution in [-0.2, 0) is 0 Å². The first-order chi connectivity index (χ1) is 10.8. The van der Waals surface area contributed by atoms with Crippen molar-refractivity contribution in [2.45, 2.75) is 37.4 Å². The molecule has 7 heteroatoms. The number of halogens is 4. The summed E-state index contributed by atoms with van der Waals surface area (Å²) >= 11 is 6.26. The van der Waals surface area contributed by atoms with E-state index in [1.165, 1.54) is 11.0 Å². The maximum absolute atomic E-state index is 13.0. The van der Waals surface area contributed by atoms with Crippen molar-refractivity contribution in [3.05, 3.63) is 39.1 Å². The molecule has 0 saturated heterocycles. The number of benzene rings is 1. The average molecular weight is 343 g/mol. The number of aromatic amines is 1. The summed E-state index contributed by atoms with van der Waals surface area (Å²) in [6.07, 6.45) is -1.75. The number of fused-ring (bicyclic) bond motifs is 5. The molecule has 122 valence electrons. The molecule has 1 N–H and O–H groups in total. The Morgan fingerprint density at radius 1 is 1.30 bits per heavy atom. The van der Waals surface area contributed by atoms with E-state index in [-0.39, 0.29) is 17.5 Å². The van der Waals surface area contributed by atoms with Gasteiger partial charge < -0.3 is 9.88 Å². The number of aromatic nitrogens is 1. The largest absolute Gasteiger partial charge is 0.405 e. The Kier molecular flexibility index (Phi) is 3.17. The molecular weight excluding hydrogens is 329 g/mol. The first kappa shape index (κ1) is 14.9. The summed E-state index contributed by atoms with van der Waals surface area (Å²) in [6.45, 7) is -0.951. The lowest BCUT2D eigenvalue weighted by Gasteiger charge is -2.27. The van der Waals surface area contributed by atoms with Gasteiger partial charge in [-0.25, -0.2) is 0 Å². The highest BCUT2D eigenvalue weighted by molar-refractivity contribution is 6.35. The zero-order valence-corrected chi connectivity index (χ0v) is 12.8. The second-order valence-corrected chi connectivity index (χ2v) is 6.66. The topological polar surface area (TPSA) is 36.1 Å². The van der Waals surface area contributed by atoms with E-state index < -0.39 is 12.7 Å². The maximum atomic E-state index is 13.0. The summed E-state index contributed by atoms with van der Waals surface area (Å²) in [7, 11) is 0. The van der Waals surface area contributed by atoms with E-state index in [0.29, 0.717) is 21.6 Å². The van der Waals surface area contributed by atoms with Gasteiger partial charge in [0.25, 0.3) is 0 Å². The van der Waals surface area contributed by atoms with E-state index in [2.05, 4.69) is 4.98 Å². The second-order valence-electron chi connectivity index (χ2n) is 6.25. The molecule has 23 heavy (non-hydrogen) atoms. The Labute approximate surface area is 135 Å². The van der Waals surface area contributed by atoms with Crippen molar-refractivity contribution >= 4 is 28.2 Å². The molecule has 1 aromatic carbocycles. The van der Waals surface area contributed by atoms with Crippen molar-refractivity contribution < 1.29 is 13.2 Å². The van der Waals surface area contributed by atoms with E-state index in [4.69, 9.17) is 11.6 Å². The zero-order chi connectivity index (χ0) is 16.4. The molecule has 2 aliphatic rings. The van der Waals surface area contributed by atoms with E-state index in [1.807, 2.05) is 0 Å². The molecule has 1 saturated carbocycles. The second kappa shape index (κ2) is 4.90. The number of anilines is 1. The van der Waals surface area contributed by atoms with Crippen molar-refractivity contribution in [1.82, 2.24) is 4.98 Å². The first-order valence-corrected chi connectivity index (χ1v) is 7.92. The van der Waals surface area contributed by atoms with Crippen LogP contribution in [0.3, 0.4) is 0 Å². The number of alkyl halides is 3. The Morgan fingerprint density at radius 2 is 2.09 bits per heavy atom. The lowest BCUT2D eigenvalue weighted by atomic mass is 9.94. The summed E-state index contributed by atoms with van der Waals surface area (Å²) in [4.78, 5) is 15.8. The highest BCUT2D eigenvalue weighted by Gasteiger charge is 2.46. The van der Waals surface area contributed by atoms with Gasteiger partial charge in [-0.3, -0.25) is 4.79 Å². The van der Waals surface area contributed by atoms with Crippen molar-refractivity contribution in [2.75, 3.05) is 11.4 Å². The highest BCUT2D eigenvalue weighted by Crippen LogP contribution is 2.52. The van der Waals surface area contributed by atoms with Gasteiger partial charge in [0.1, 0.15) is 6.54 Å². The summed E-state index contributed by atoms with van der Waals surface area (Å²) in [5, 5.41) is 0.991. The van der Waals surface area contributed by atoms with Crippen molar-refractivity contribution in [3.8, 4) is 0 Å². The molecule has 0 amide bonds. The minimum Gasteiger partial charge on any atom is -0.359 e. The first-order valence-electron chi connectivity index (χ1n) is 7.54.